The van der Waals surface area contributed by atoms with Crippen LogP contribution < -0.4 is 5.73 Å². The van der Waals surface area contributed by atoms with Gasteiger partial charge in [0.05, 0.1) is 10.4 Å². The van der Waals surface area contributed by atoms with Crippen LogP contribution >= 0.6 is 11.3 Å². The molecule has 0 amide bonds. The predicted molar refractivity (Wildman–Crippen MR) is 71.4 cm³/mol. The van der Waals surface area contributed by atoms with E-state index in [1.165, 1.54) is 10.4 Å². The molecule has 1 aliphatic rings. The van der Waals surface area contributed by atoms with Crippen molar-refractivity contribution in [2.45, 2.75) is 45.1 Å². The van der Waals surface area contributed by atoms with Gasteiger partial charge in [-0.3, -0.25) is 0 Å². The van der Waals surface area contributed by atoms with Gasteiger partial charge in [0, 0.05) is 4.88 Å². The average molecular weight is 263 g/mol. The molecule has 96 valence electrons. The Balaban J connectivity index is 1.92. The summed E-state index contributed by atoms with van der Waals surface area (Å²) in [6, 6.07) is 2.12. The second-order valence-corrected chi connectivity index (χ2v) is 6.14. The Morgan fingerprint density at radius 2 is 2.28 bits per heavy atom. The van der Waals surface area contributed by atoms with E-state index in [0.717, 1.165) is 30.6 Å². The van der Waals surface area contributed by atoms with Crippen LogP contribution in [0.1, 0.15) is 42.5 Å². The lowest BCUT2D eigenvalue weighted by atomic mass is 9.77. The van der Waals surface area contributed by atoms with Crippen LogP contribution in [-0.4, -0.2) is 10.1 Å². The van der Waals surface area contributed by atoms with Crippen molar-refractivity contribution >= 4 is 11.3 Å². The molecule has 0 spiro atoms. The molecule has 0 unspecified atom stereocenters. The van der Waals surface area contributed by atoms with Crippen LogP contribution in [0.15, 0.2) is 10.6 Å². The summed E-state index contributed by atoms with van der Waals surface area (Å²) in [5, 5.41) is 4.05. The quantitative estimate of drug-likeness (QED) is 0.924. The van der Waals surface area contributed by atoms with Gasteiger partial charge in [-0.25, -0.2) is 0 Å². The second kappa shape index (κ2) is 4.17. The Labute approximate surface area is 110 Å². The number of rotatable bonds is 3. The van der Waals surface area contributed by atoms with Crippen LogP contribution in [-0.2, 0) is 12.0 Å². The van der Waals surface area contributed by atoms with Crippen molar-refractivity contribution in [2.24, 2.45) is 5.73 Å². The van der Waals surface area contributed by atoms with Gasteiger partial charge < -0.3 is 10.3 Å². The number of aryl methyl sites for hydroxylation is 2. The molecule has 0 bridgehead atoms. The Morgan fingerprint density at radius 3 is 2.83 bits per heavy atom. The van der Waals surface area contributed by atoms with Crippen molar-refractivity contribution in [3.8, 4) is 10.8 Å². The Morgan fingerprint density at radius 1 is 1.50 bits per heavy atom. The van der Waals surface area contributed by atoms with Gasteiger partial charge in [-0.1, -0.05) is 12.1 Å². The zero-order valence-electron chi connectivity index (χ0n) is 10.7. The van der Waals surface area contributed by atoms with Crippen molar-refractivity contribution in [2.75, 3.05) is 0 Å². The van der Waals surface area contributed by atoms with Gasteiger partial charge in [-0.2, -0.15) is 4.98 Å². The zero-order chi connectivity index (χ0) is 12.8. The van der Waals surface area contributed by atoms with Crippen LogP contribution in [0, 0.1) is 6.92 Å². The summed E-state index contributed by atoms with van der Waals surface area (Å²) in [4.78, 5) is 6.89. The number of aromatic nitrogens is 2. The normalized spacial score (nSPS) is 17.7. The lowest BCUT2D eigenvalue weighted by molar-refractivity contribution is 0.229. The largest absolute Gasteiger partial charge is 0.333 e. The van der Waals surface area contributed by atoms with Gasteiger partial charge in [0.2, 0.25) is 0 Å². The molecular formula is C13H17N3OS. The predicted octanol–water partition coefficient (Wildman–Crippen LogP) is 3.01. The summed E-state index contributed by atoms with van der Waals surface area (Å²) in [6.07, 6.45) is 4.10. The van der Waals surface area contributed by atoms with Gasteiger partial charge in [0.15, 0.2) is 5.82 Å². The molecule has 5 heteroatoms. The van der Waals surface area contributed by atoms with E-state index in [4.69, 9.17) is 10.3 Å². The smallest absolute Gasteiger partial charge is 0.268 e. The molecule has 3 rings (SSSR count). The molecule has 0 radical (unpaired) electrons. The van der Waals surface area contributed by atoms with Crippen LogP contribution in [0.25, 0.3) is 10.8 Å². The Hall–Kier alpha value is -1.20. The molecule has 0 aliphatic heterocycles. The second-order valence-electron chi connectivity index (χ2n) is 5.00. The molecule has 2 heterocycles. The van der Waals surface area contributed by atoms with Gasteiger partial charge in [0.1, 0.15) is 0 Å². The number of nitrogens with two attached hydrogens (primary N) is 1. The SMILES string of the molecule is CCc1sc(-c2nc(C3(N)CCC3)no2)cc1C. The van der Waals surface area contributed by atoms with Crippen LogP contribution in [0.4, 0.5) is 0 Å². The summed E-state index contributed by atoms with van der Waals surface area (Å²) >= 11 is 1.73. The molecule has 4 nitrogen and oxygen atoms in total. The fourth-order valence-corrected chi connectivity index (χ4v) is 3.32. The number of nitrogens with zero attached hydrogens (tertiary/aromatic N) is 2. The van der Waals surface area contributed by atoms with Gasteiger partial charge in [-0.15, -0.1) is 11.3 Å². The molecular weight excluding hydrogens is 246 g/mol. The highest BCUT2D eigenvalue weighted by Gasteiger charge is 2.39. The van der Waals surface area contributed by atoms with E-state index in [1.54, 1.807) is 11.3 Å². The third-order valence-corrected chi connectivity index (χ3v) is 5.04. The molecule has 2 aromatic rings. The molecule has 0 atom stereocenters. The minimum Gasteiger partial charge on any atom is -0.333 e. The molecule has 1 fully saturated rings. The molecule has 1 aliphatic carbocycles. The van der Waals surface area contributed by atoms with Crippen molar-refractivity contribution in [1.82, 2.24) is 10.1 Å². The highest BCUT2D eigenvalue weighted by molar-refractivity contribution is 7.15. The monoisotopic (exact) mass is 263 g/mol. The highest BCUT2D eigenvalue weighted by Crippen LogP contribution is 2.38. The van der Waals surface area contributed by atoms with E-state index in [9.17, 15) is 0 Å². The summed E-state index contributed by atoms with van der Waals surface area (Å²) < 4.78 is 5.35. The Bertz CT molecular complexity index is 569. The lowest BCUT2D eigenvalue weighted by Crippen LogP contribution is -2.44. The lowest BCUT2D eigenvalue weighted by Gasteiger charge is -2.34. The molecule has 0 saturated heterocycles. The topological polar surface area (TPSA) is 64.9 Å². The average Bonchev–Trinajstić information content (AvgIpc) is 2.92. The van der Waals surface area contributed by atoms with Crippen LogP contribution in [0.2, 0.25) is 0 Å². The fourth-order valence-electron chi connectivity index (χ4n) is 2.28. The Kier molecular flexibility index (Phi) is 2.75. The standard InChI is InChI=1S/C13H17N3OS/c1-3-9-8(2)7-10(18-9)11-15-12(16-17-11)13(14)5-4-6-13/h7H,3-6,14H2,1-2H3. The minimum absolute atomic E-state index is 0.346. The maximum absolute atomic E-state index is 6.20. The van der Waals surface area contributed by atoms with E-state index >= 15 is 0 Å². The van der Waals surface area contributed by atoms with Crippen LogP contribution in [0.3, 0.4) is 0 Å². The fraction of sp³-hybridized carbons (Fsp3) is 0.538. The third kappa shape index (κ3) is 1.78. The molecule has 2 N–H and O–H groups in total. The first-order chi connectivity index (χ1) is 8.62. The first kappa shape index (κ1) is 11.9. The zero-order valence-corrected chi connectivity index (χ0v) is 11.5. The van der Waals surface area contributed by atoms with Crippen molar-refractivity contribution < 1.29 is 4.52 Å². The summed E-state index contributed by atoms with van der Waals surface area (Å²) in [5.41, 5.74) is 7.14. The van der Waals surface area contributed by atoms with Crippen molar-refractivity contribution in [3.63, 3.8) is 0 Å². The maximum atomic E-state index is 6.20. The van der Waals surface area contributed by atoms with E-state index in [2.05, 4.69) is 30.1 Å². The summed E-state index contributed by atoms with van der Waals surface area (Å²) in [6.45, 7) is 4.28. The highest BCUT2D eigenvalue weighted by atomic mass is 32.1. The molecule has 18 heavy (non-hydrogen) atoms. The number of hydrogen-bond acceptors (Lipinski definition) is 5. The van der Waals surface area contributed by atoms with Crippen molar-refractivity contribution in [1.29, 1.82) is 0 Å². The molecule has 0 aromatic carbocycles. The molecule has 2 aromatic heterocycles. The third-order valence-electron chi connectivity index (χ3n) is 3.67. The first-order valence-electron chi connectivity index (χ1n) is 6.35. The summed E-state index contributed by atoms with van der Waals surface area (Å²) in [5.74, 6) is 1.27. The number of thiophene rings is 1. The van der Waals surface area contributed by atoms with E-state index in [1.807, 2.05) is 0 Å². The first-order valence-corrected chi connectivity index (χ1v) is 7.17. The summed E-state index contributed by atoms with van der Waals surface area (Å²) in [7, 11) is 0. The number of hydrogen-bond donors (Lipinski definition) is 1. The minimum atomic E-state index is -0.346. The van der Waals surface area contributed by atoms with E-state index in [0.29, 0.717) is 11.7 Å². The van der Waals surface area contributed by atoms with E-state index < -0.39 is 0 Å². The molecule has 1 saturated carbocycles. The van der Waals surface area contributed by atoms with Gasteiger partial charge in [-0.05, 0) is 44.2 Å². The van der Waals surface area contributed by atoms with Crippen molar-refractivity contribution in [3.05, 3.63) is 22.3 Å². The van der Waals surface area contributed by atoms with E-state index in [-0.39, 0.29) is 5.54 Å². The van der Waals surface area contributed by atoms with Crippen LogP contribution in [0.5, 0.6) is 0 Å². The van der Waals surface area contributed by atoms with Gasteiger partial charge >= 0.3 is 0 Å². The maximum Gasteiger partial charge on any atom is 0.268 e. The van der Waals surface area contributed by atoms with Gasteiger partial charge in [0.25, 0.3) is 5.89 Å².